The molecule has 1 N–H and O–H groups in total. The summed E-state index contributed by atoms with van der Waals surface area (Å²) in [5.41, 5.74) is 2.08. The SMILES string of the molecule is O=C(CSc1nc(=O)n(CC2CCCO2)c2c1CCC2)NC1CCCC1. The van der Waals surface area contributed by atoms with E-state index in [9.17, 15) is 9.59 Å². The van der Waals surface area contributed by atoms with Gasteiger partial charge in [-0.15, -0.1) is 0 Å². The maximum absolute atomic E-state index is 12.6. The number of fused-ring (bicyclic) bond motifs is 1. The first kappa shape index (κ1) is 18.0. The molecule has 7 heteroatoms. The molecule has 1 saturated carbocycles. The van der Waals surface area contributed by atoms with Gasteiger partial charge in [0.1, 0.15) is 5.03 Å². The molecule has 142 valence electrons. The minimum absolute atomic E-state index is 0.0546. The van der Waals surface area contributed by atoms with Crippen molar-refractivity contribution in [1.29, 1.82) is 0 Å². The highest BCUT2D eigenvalue weighted by Gasteiger charge is 2.25. The fourth-order valence-corrected chi connectivity index (χ4v) is 5.25. The largest absolute Gasteiger partial charge is 0.376 e. The van der Waals surface area contributed by atoms with E-state index in [-0.39, 0.29) is 17.7 Å². The summed E-state index contributed by atoms with van der Waals surface area (Å²) >= 11 is 1.42. The summed E-state index contributed by atoms with van der Waals surface area (Å²) < 4.78 is 7.52. The zero-order valence-corrected chi connectivity index (χ0v) is 16.0. The molecule has 6 nitrogen and oxygen atoms in total. The Morgan fingerprint density at radius 2 is 2.04 bits per heavy atom. The van der Waals surface area contributed by atoms with Crippen molar-refractivity contribution >= 4 is 17.7 Å². The number of nitrogens with one attached hydrogen (secondary N) is 1. The molecule has 1 atom stereocenters. The summed E-state index contributed by atoms with van der Waals surface area (Å²) in [7, 11) is 0. The summed E-state index contributed by atoms with van der Waals surface area (Å²) in [6.07, 6.45) is 9.71. The van der Waals surface area contributed by atoms with Gasteiger partial charge in [-0.05, 0) is 44.9 Å². The van der Waals surface area contributed by atoms with Gasteiger partial charge < -0.3 is 10.1 Å². The molecule has 1 aromatic heterocycles. The molecule has 26 heavy (non-hydrogen) atoms. The lowest BCUT2D eigenvalue weighted by Gasteiger charge is -2.17. The molecule has 0 spiro atoms. The third kappa shape index (κ3) is 3.98. The minimum atomic E-state index is -0.195. The molecule has 1 amide bonds. The molecule has 2 heterocycles. The Morgan fingerprint density at radius 3 is 2.81 bits per heavy atom. The van der Waals surface area contributed by atoms with Gasteiger partial charge in [-0.25, -0.2) is 4.79 Å². The number of hydrogen-bond donors (Lipinski definition) is 1. The van der Waals surface area contributed by atoms with Gasteiger partial charge in [0.15, 0.2) is 0 Å². The number of rotatable bonds is 6. The van der Waals surface area contributed by atoms with Gasteiger partial charge in [0.25, 0.3) is 0 Å². The van der Waals surface area contributed by atoms with Crippen molar-refractivity contribution in [2.24, 2.45) is 0 Å². The van der Waals surface area contributed by atoms with Gasteiger partial charge in [0.05, 0.1) is 18.4 Å². The molecule has 4 rings (SSSR count). The fraction of sp³-hybridized carbons (Fsp3) is 0.737. The summed E-state index contributed by atoms with van der Waals surface area (Å²) in [5.74, 6) is 0.393. The second-order valence-electron chi connectivity index (χ2n) is 7.56. The van der Waals surface area contributed by atoms with E-state index in [1.807, 2.05) is 4.57 Å². The van der Waals surface area contributed by atoms with Crippen molar-refractivity contribution in [3.63, 3.8) is 0 Å². The number of nitrogens with zero attached hydrogens (tertiary/aromatic N) is 2. The minimum Gasteiger partial charge on any atom is -0.376 e. The van der Waals surface area contributed by atoms with Crippen LogP contribution in [0.15, 0.2) is 9.82 Å². The predicted octanol–water partition coefficient (Wildman–Crippen LogP) is 2.06. The Hall–Kier alpha value is -1.34. The van der Waals surface area contributed by atoms with Crippen LogP contribution >= 0.6 is 11.8 Å². The highest BCUT2D eigenvalue weighted by atomic mass is 32.2. The number of hydrogen-bond acceptors (Lipinski definition) is 5. The Kier molecular flexibility index (Phi) is 5.64. The second-order valence-corrected chi connectivity index (χ2v) is 8.53. The van der Waals surface area contributed by atoms with E-state index in [1.54, 1.807) is 0 Å². The van der Waals surface area contributed by atoms with Crippen LogP contribution in [0.3, 0.4) is 0 Å². The van der Waals surface area contributed by atoms with E-state index in [2.05, 4.69) is 10.3 Å². The number of aromatic nitrogens is 2. The second kappa shape index (κ2) is 8.13. The molecular weight excluding hydrogens is 350 g/mol. The molecule has 1 aliphatic heterocycles. The zero-order chi connectivity index (χ0) is 17.9. The average Bonchev–Trinajstić information content (AvgIpc) is 3.37. The van der Waals surface area contributed by atoms with E-state index < -0.39 is 0 Å². The number of ether oxygens (including phenoxy) is 1. The summed E-state index contributed by atoms with van der Waals surface area (Å²) in [6.45, 7) is 1.40. The van der Waals surface area contributed by atoms with Crippen molar-refractivity contribution in [2.45, 2.75) is 81.5 Å². The number of thioether (sulfide) groups is 1. The van der Waals surface area contributed by atoms with Crippen LogP contribution in [-0.2, 0) is 28.9 Å². The van der Waals surface area contributed by atoms with Crippen molar-refractivity contribution in [3.8, 4) is 0 Å². The highest BCUT2D eigenvalue weighted by Crippen LogP contribution is 2.30. The van der Waals surface area contributed by atoms with Crippen molar-refractivity contribution in [3.05, 3.63) is 21.7 Å². The Balaban J connectivity index is 1.45. The van der Waals surface area contributed by atoms with Crippen molar-refractivity contribution in [1.82, 2.24) is 14.9 Å². The van der Waals surface area contributed by atoms with Crippen LogP contribution in [0.4, 0.5) is 0 Å². The van der Waals surface area contributed by atoms with Gasteiger partial charge >= 0.3 is 5.69 Å². The Labute approximate surface area is 158 Å². The summed E-state index contributed by atoms with van der Waals surface area (Å²) in [4.78, 5) is 29.1. The molecular formula is C19H27N3O3S. The van der Waals surface area contributed by atoms with Crippen LogP contribution in [-0.4, -0.2) is 40.0 Å². The van der Waals surface area contributed by atoms with Crippen LogP contribution in [0.5, 0.6) is 0 Å². The molecule has 3 aliphatic rings. The Bertz CT molecular complexity index is 721. The van der Waals surface area contributed by atoms with Crippen LogP contribution in [0, 0.1) is 0 Å². The zero-order valence-electron chi connectivity index (χ0n) is 15.2. The standard InChI is InChI=1S/C19H27N3O3S/c23-17(20-13-5-1-2-6-13)12-26-18-15-8-3-9-16(15)22(19(24)21-18)11-14-7-4-10-25-14/h13-14H,1-12H2,(H,20,23). The molecule has 1 aromatic rings. The number of carbonyl (C=O) groups is 1. The molecule has 0 bridgehead atoms. The van der Waals surface area contributed by atoms with Crippen LogP contribution in [0.1, 0.15) is 56.2 Å². The molecule has 1 unspecified atom stereocenters. The third-order valence-electron chi connectivity index (χ3n) is 5.67. The van der Waals surface area contributed by atoms with E-state index in [0.717, 1.165) is 62.3 Å². The topological polar surface area (TPSA) is 73.2 Å². The van der Waals surface area contributed by atoms with Gasteiger partial charge in [0, 0.05) is 23.9 Å². The fourth-order valence-electron chi connectivity index (χ4n) is 4.36. The highest BCUT2D eigenvalue weighted by molar-refractivity contribution is 7.99. The molecule has 2 aliphatic carbocycles. The summed E-state index contributed by atoms with van der Waals surface area (Å²) in [5, 5.41) is 3.86. The smallest absolute Gasteiger partial charge is 0.348 e. The normalized spacial score (nSPS) is 22.7. The quantitative estimate of drug-likeness (QED) is 0.607. The number of carbonyl (C=O) groups excluding carboxylic acids is 1. The lowest BCUT2D eigenvalue weighted by Crippen LogP contribution is -2.34. The summed E-state index contributed by atoms with van der Waals surface area (Å²) in [6, 6.07) is 0.334. The van der Waals surface area contributed by atoms with Gasteiger partial charge in [-0.2, -0.15) is 4.98 Å². The van der Waals surface area contributed by atoms with Crippen LogP contribution < -0.4 is 11.0 Å². The molecule has 1 saturated heterocycles. The lowest BCUT2D eigenvalue weighted by molar-refractivity contribution is -0.119. The maximum atomic E-state index is 12.6. The average molecular weight is 378 g/mol. The van der Waals surface area contributed by atoms with Gasteiger partial charge in [0.2, 0.25) is 5.91 Å². The lowest BCUT2D eigenvalue weighted by atomic mass is 10.2. The number of amides is 1. The van der Waals surface area contributed by atoms with Crippen molar-refractivity contribution < 1.29 is 9.53 Å². The molecule has 0 aromatic carbocycles. The third-order valence-corrected chi connectivity index (χ3v) is 6.69. The van der Waals surface area contributed by atoms with E-state index in [1.165, 1.54) is 30.2 Å². The van der Waals surface area contributed by atoms with Crippen LogP contribution in [0.2, 0.25) is 0 Å². The van der Waals surface area contributed by atoms with E-state index in [4.69, 9.17) is 4.74 Å². The first-order chi connectivity index (χ1) is 12.7. The van der Waals surface area contributed by atoms with Crippen molar-refractivity contribution in [2.75, 3.05) is 12.4 Å². The maximum Gasteiger partial charge on any atom is 0.348 e. The van der Waals surface area contributed by atoms with Gasteiger partial charge in [-0.1, -0.05) is 24.6 Å². The van der Waals surface area contributed by atoms with E-state index >= 15 is 0 Å². The Morgan fingerprint density at radius 1 is 1.19 bits per heavy atom. The molecule has 2 fully saturated rings. The molecule has 0 radical (unpaired) electrons. The van der Waals surface area contributed by atoms with E-state index in [0.29, 0.717) is 18.3 Å². The van der Waals surface area contributed by atoms with Crippen LogP contribution in [0.25, 0.3) is 0 Å². The predicted molar refractivity (Wildman–Crippen MR) is 101 cm³/mol. The first-order valence-electron chi connectivity index (χ1n) is 9.87. The van der Waals surface area contributed by atoms with Gasteiger partial charge in [-0.3, -0.25) is 9.36 Å². The first-order valence-corrected chi connectivity index (χ1v) is 10.9. The monoisotopic (exact) mass is 377 g/mol.